The van der Waals surface area contributed by atoms with E-state index in [1.165, 1.54) is 17.0 Å². The number of nitrogens with one attached hydrogen (secondary N) is 1. The van der Waals surface area contributed by atoms with E-state index in [4.69, 9.17) is 4.74 Å². The molecule has 1 saturated heterocycles. The Bertz CT molecular complexity index is 701. The van der Waals surface area contributed by atoms with Crippen molar-refractivity contribution < 1.29 is 17.9 Å². The summed E-state index contributed by atoms with van der Waals surface area (Å²) in [6, 6.07) is 7.74. The molecule has 8 heteroatoms. The minimum absolute atomic E-state index is 0.0148. The molecule has 0 bridgehead atoms. The van der Waals surface area contributed by atoms with E-state index in [0.717, 1.165) is 24.4 Å². The summed E-state index contributed by atoms with van der Waals surface area (Å²) < 4.78 is 44.8. The lowest BCUT2D eigenvalue weighted by molar-refractivity contribution is -0.141. The molecular formula is C17H21F3N4O. The molecule has 1 aliphatic heterocycles. The minimum Gasteiger partial charge on any atom is -0.496 e. The number of hydrogen-bond donors (Lipinski definition) is 1. The molecule has 0 saturated carbocycles. The van der Waals surface area contributed by atoms with Crippen molar-refractivity contribution in [3.05, 3.63) is 48.0 Å². The first-order valence-electron chi connectivity index (χ1n) is 8.12. The summed E-state index contributed by atoms with van der Waals surface area (Å²) in [4.78, 5) is 6.28. The molecule has 1 fully saturated rings. The number of methoxy groups -OCH3 is 1. The fourth-order valence-corrected chi connectivity index (χ4v) is 3.19. The predicted molar refractivity (Wildman–Crippen MR) is 87.3 cm³/mol. The van der Waals surface area contributed by atoms with Gasteiger partial charge in [0.15, 0.2) is 0 Å². The van der Waals surface area contributed by atoms with Crippen molar-refractivity contribution in [2.24, 2.45) is 0 Å². The van der Waals surface area contributed by atoms with Gasteiger partial charge in [0.25, 0.3) is 0 Å². The molecular weight excluding hydrogens is 333 g/mol. The number of nitrogens with zero attached hydrogens (tertiary/aromatic N) is 3. The SMILES string of the molecule is COc1ccccc1C1CNCCN1Cc1nccn1CC(F)(F)F. The monoisotopic (exact) mass is 354 g/mol. The van der Waals surface area contributed by atoms with Crippen molar-refractivity contribution in [1.82, 2.24) is 19.8 Å². The largest absolute Gasteiger partial charge is 0.496 e. The number of piperazine rings is 1. The van der Waals surface area contributed by atoms with Gasteiger partial charge in [-0.15, -0.1) is 0 Å². The lowest BCUT2D eigenvalue weighted by Gasteiger charge is -2.36. The molecule has 1 unspecified atom stereocenters. The van der Waals surface area contributed by atoms with Gasteiger partial charge in [0.05, 0.1) is 19.7 Å². The third-order valence-electron chi connectivity index (χ3n) is 4.35. The van der Waals surface area contributed by atoms with Crippen molar-refractivity contribution in [3.8, 4) is 5.75 Å². The zero-order valence-electron chi connectivity index (χ0n) is 14.0. The topological polar surface area (TPSA) is 42.3 Å². The van der Waals surface area contributed by atoms with Crippen LogP contribution in [0.2, 0.25) is 0 Å². The fraction of sp³-hybridized carbons (Fsp3) is 0.471. The number of alkyl halides is 3. The highest BCUT2D eigenvalue weighted by atomic mass is 19.4. The standard InChI is InChI=1S/C17H21F3N4O/c1-25-15-5-3-2-4-13(15)14-10-21-6-8-23(14)11-16-22-7-9-24(16)12-17(18,19)20/h2-5,7,9,14,21H,6,8,10-12H2,1H3. The van der Waals surface area contributed by atoms with Crippen molar-refractivity contribution >= 4 is 0 Å². The maximum Gasteiger partial charge on any atom is 0.406 e. The van der Waals surface area contributed by atoms with E-state index in [1.807, 2.05) is 24.3 Å². The highest BCUT2D eigenvalue weighted by molar-refractivity contribution is 5.36. The molecule has 2 aromatic rings. The number of halogens is 3. The van der Waals surface area contributed by atoms with E-state index in [9.17, 15) is 13.2 Å². The van der Waals surface area contributed by atoms with Crippen molar-refractivity contribution in [2.45, 2.75) is 25.3 Å². The third-order valence-corrected chi connectivity index (χ3v) is 4.35. The van der Waals surface area contributed by atoms with Crippen molar-refractivity contribution in [2.75, 3.05) is 26.7 Å². The van der Waals surface area contributed by atoms with Crippen LogP contribution < -0.4 is 10.1 Å². The second-order valence-electron chi connectivity index (χ2n) is 6.02. The molecule has 1 atom stereocenters. The van der Waals surface area contributed by atoms with E-state index in [2.05, 4.69) is 15.2 Å². The molecule has 1 N–H and O–H groups in total. The molecule has 1 aromatic carbocycles. The minimum atomic E-state index is -4.26. The Balaban J connectivity index is 1.82. The summed E-state index contributed by atoms with van der Waals surface area (Å²) >= 11 is 0. The van der Waals surface area contributed by atoms with Crippen LogP contribution in [0, 0.1) is 0 Å². The lowest BCUT2D eigenvalue weighted by Crippen LogP contribution is -2.46. The number of hydrogen-bond acceptors (Lipinski definition) is 4. The second kappa shape index (κ2) is 7.45. The number of para-hydroxylation sites is 1. The third kappa shape index (κ3) is 4.32. The van der Waals surface area contributed by atoms with E-state index in [-0.39, 0.29) is 6.04 Å². The zero-order valence-corrected chi connectivity index (χ0v) is 14.0. The summed E-state index contributed by atoms with van der Waals surface area (Å²) in [6.07, 6.45) is -1.47. The number of ether oxygens (including phenoxy) is 1. The molecule has 1 aliphatic rings. The number of aromatic nitrogens is 2. The number of imidazole rings is 1. The summed E-state index contributed by atoms with van der Waals surface area (Å²) in [5.74, 6) is 1.19. The van der Waals surface area contributed by atoms with Gasteiger partial charge in [0.2, 0.25) is 0 Å². The van der Waals surface area contributed by atoms with Gasteiger partial charge in [0, 0.05) is 37.6 Å². The first-order valence-corrected chi connectivity index (χ1v) is 8.12. The maximum absolute atomic E-state index is 12.7. The molecule has 1 aromatic heterocycles. The smallest absolute Gasteiger partial charge is 0.406 e. The van der Waals surface area contributed by atoms with Gasteiger partial charge < -0.3 is 14.6 Å². The zero-order chi connectivity index (χ0) is 17.9. The van der Waals surface area contributed by atoms with Crippen LogP contribution in [0.3, 0.4) is 0 Å². The normalized spacial score (nSPS) is 19.1. The lowest BCUT2D eigenvalue weighted by atomic mass is 10.0. The van der Waals surface area contributed by atoms with Gasteiger partial charge in [-0.3, -0.25) is 4.90 Å². The number of rotatable bonds is 5. The fourth-order valence-electron chi connectivity index (χ4n) is 3.19. The second-order valence-corrected chi connectivity index (χ2v) is 6.02. The summed E-state index contributed by atoms with van der Waals surface area (Å²) in [5.41, 5.74) is 1.02. The molecule has 5 nitrogen and oxygen atoms in total. The van der Waals surface area contributed by atoms with Crippen molar-refractivity contribution in [1.29, 1.82) is 0 Å². The van der Waals surface area contributed by atoms with Gasteiger partial charge in [-0.05, 0) is 6.07 Å². The van der Waals surface area contributed by atoms with Crippen LogP contribution >= 0.6 is 0 Å². The van der Waals surface area contributed by atoms with Gasteiger partial charge >= 0.3 is 6.18 Å². The first-order chi connectivity index (χ1) is 12.0. The molecule has 2 heterocycles. The summed E-state index contributed by atoms with van der Waals surface area (Å²) in [6.45, 7) is 1.55. The Morgan fingerprint density at radius 3 is 2.88 bits per heavy atom. The average Bonchev–Trinajstić information content (AvgIpc) is 3.00. The Morgan fingerprint density at radius 1 is 1.32 bits per heavy atom. The van der Waals surface area contributed by atoms with Gasteiger partial charge in [-0.2, -0.15) is 13.2 Å². The Morgan fingerprint density at radius 2 is 2.12 bits per heavy atom. The molecule has 0 aliphatic carbocycles. The van der Waals surface area contributed by atoms with Crippen molar-refractivity contribution in [3.63, 3.8) is 0 Å². The molecule has 0 spiro atoms. The Hall–Kier alpha value is -2.06. The maximum atomic E-state index is 12.7. The first kappa shape index (κ1) is 17.8. The van der Waals surface area contributed by atoms with E-state index >= 15 is 0 Å². The van der Waals surface area contributed by atoms with Crippen LogP contribution in [0.15, 0.2) is 36.7 Å². The predicted octanol–water partition coefficient (Wildman–Crippen LogP) is 2.60. The van der Waals surface area contributed by atoms with Crippen LogP contribution in [0.4, 0.5) is 13.2 Å². The van der Waals surface area contributed by atoms with Crippen LogP contribution in [0.25, 0.3) is 0 Å². The van der Waals surface area contributed by atoms with E-state index in [1.54, 1.807) is 7.11 Å². The average molecular weight is 354 g/mol. The van der Waals surface area contributed by atoms with Gasteiger partial charge in [-0.25, -0.2) is 4.98 Å². The summed E-state index contributed by atoms with van der Waals surface area (Å²) in [7, 11) is 1.62. The van der Waals surface area contributed by atoms with E-state index in [0.29, 0.717) is 18.9 Å². The quantitative estimate of drug-likeness (QED) is 0.896. The highest BCUT2D eigenvalue weighted by Gasteiger charge is 2.31. The Labute approximate surface area is 144 Å². The van der Waals surface area contributed by atoms with E-state index < -0.39 is 12.7 Å². The molecule has 0 amide bonds. The van der Waals surface area contributed by atoms with Crippen LogP contribution in [0.1, 0.15) is 17.4 Å². The number of benzene rings is 1. The highest BCUT2D eigenvalue weighted by Crippen LogP contribution is 2.31. The molecule has 136 valence electrons. The van der Waals surface area contributed by atoms with Crippen LogP contribution in [-0.4, -0.2) is 47.4 Å². The van der Waals surface area contributed by atoms with Gasteiger partial charge in [-0.1, -0.05) is 18.2 Å². The van der Waals surface area contributed by atoms with Crippen LogP contribution in [0.5, 0.6) is 5.75 Å². The summed E-state index contributed by atoms with van der Waals surface area (Å²) in [5, 5.41) is 3.34. The molecule has 0 radical (unpaired) electrons. The van der Waals surface area contributed by atoms with Gasteiger partial charge in [0.1, 0.15) is 18.1 Å². The van der Waals surface area contributed by atoms with Crippen LogP contribution in [-0.2, 0) is 13.1 Å². The molecule has 25 heavy (non-hydrogen) atoms. The molecule has 3 rings (SSSR count). The Kier molecular flexibility index (Phi) is 5.29.